The molecule has 0 amide bonds. The Bertz CT molecular complexity index is 904. The minimum absolute atomic E-state index is 0.0259. The van der Waals surface area contributed by atoms with Crippen LogP contribution in [0.4, 0.5) is 0 Å². The number of hydrogen-bond acceptors (Lipinski definition) is 12. The zero-order valence-corrected chi connectivity index (χ0v) is 34.3. The van der Waals surface area contributed by atoms with Gasteiger partial charge in [-0.25, -0.2) is 0 Å². The summed E-state index contributed by atoms with van der Waals surface area (Å²) in [5.74, 6) is 0. The van der Waals surface area contributed by atoms with Crippen LogP contribution in [0.15, 0.2) is 0 Å². The van der Waals surface area contributed by atoms with Crippen molar-refractivity contribution < 1.29 is 56.8 Å². The third kappa shape index (κ3) is 13.1. The van der Waals surface area contributed by atoms with Crippen LogP contribution in [0, 0.1) is 0 Å². The van der Waals surface area contributed by atoms with E-state index < -0.39 is 0 Å². The Morgan fingerprint density at radius 2 is 0.510 bits per heavy atom. The smallest absolute Gasteiger partial charge is 0.115 e. The highest BCUT2D eigenvalue weighted by atomic mass is 16.7. The first-order valence-electron chi connectivity index (χ1n) is 19.3. The fourth-order valence-corrected chi connectivity index (χ4v) is 7.35. The number of fused-ring (bicyclic) bond motifs is 3. The van der Waals surface area contributed by atoms with E-state index in [9.17, 15) is 0 Å². The van der Waals surface area contributed by atoms with E-state index in [0.29, 0.717) is 39.6 Å². The molecule has 0 bridgehead atoms. The van der Waals surface area contributed by atoms with Crippen LogP contribution in [0.3, 0.4) is 0 Å². The van der Waals surface area contributed by atoms with Gasteiger partial charge >= 0.3 is 0 Å². The summed E-state index contributed by atoms with van der Waals surface area (Å²) in [6, 6.07) is 0. The van der Waals surface area contributed by atoms with Gasteiger partial charge in [-0.1, -0.05) is 0 Å². The van der Waals surface area contributed by atoms with Crippen molar-refractivity contribution in [3.63, 3.8) is 0 Å². The molecule has 0 aromatic rings. The first kappa shape index (κ1) is 43.3. The van der Waals surface area contributed by atoms with E-state index in [2.05, 4.69) is 62.3 Å². The summed E-state index contributed by atoms with van der Waals surface area (Å²) in [7, 11) is 0. The van der Waals surface area contributed by atoms with Crippen molar-refractivity contribution in [2.75, 3.05) is 39.6 Å². The van der Waals surface area contributed by atoms with Crippen LogP contribution >= 0.6 is 0 Å². The predicted molar refractivity (Wildman–Crippen MR) is 192 cm³/mol. The average molecular weight is 733 g/mol. The monoisotopic (exact) mass is 733 g/mol. The molecule has 6 fully saturated rings. The lowest BCUT2D eigenvalue weighted by molar-refractivity contribution is -0.107. The molecule has 0 unspecified atom stereocenters. The van der Waals surface area contributed by atoms with Crippen LogP contribution in [-0.4, -0.2) is 148 Å². The summed E-state index contributed by atoms with van der Waals surface area (Å²) in [5, 5.41) is 0. The molecule has 0 aromatic heterocycles. The first-order chi connectivity index (χ1) is 23.6. The van der Waals surface area contributed by atoms with Gasteiger partial charge in [0, 0.05) is 0 Å². The van der Waals surface area contributed by atoms with Gasteiger partial charge in [0.15, 0.2) is 0 Å². The molecule has 12 nitrogen and oxygen atoms in total. The van der Waals surface area contributed by atoms with Gasteiger partial charge in [0.25, 0.3) is 0 Å². The zero-order valence-electron chi connectivity index (χ0n) is 34.3. The van der Waals surface area contributed by atoms with Crippen molar-refractivity contribution in [1.29, 1.82) is 0 Å². The summed E-state index contributed by atoms with van der Waals surface area (Å²) in [5.41, 5.74) is -0.490. The molecule has 0 spiro atoms. The summed E-state index contributed by atoms with van der Waals surface area (Å²) < 4.78 is 69.9. The molecule has 6 saturated heterocycles. The second-order valence-corrected chi connectivity index (χ2v) is 18.3. The Kier molecular flexibility index (Phi) is 15.2. The molecule has 6 heterocycles. The van der Waals surface area contributed by atoms with Gasteiger partial charge in [-0.05, 0) is 104 Å². The SMILES string of the molecule is CC(C)O[C@@H]1CO[C@H]2[C@@H]1OC[C@H]2OC(C)(C)C.CC(C)O[C@H]1CO[C@H]2[C@@H]1OC[C@@H]2OC(C)(C)C.CC(C)O[C@H]1CO[C@H]2[C@@H]1OC[C@H]2OC(C)(C)C. The van der Waals surface area contributed by atoms with E-state index in [1.807, 2.05) is 41.5 Å². The van der Waals surface area contributed by atoms with Gasteiger partial charge < -0.3 is 56.8 Å². The fraction of sp³-hybridized carbons (Fsp3) is 1.00. The minimum Gasteiger partial charge on any atom is -0.370 e. The lowest BCUT2D eigenvalue weighted by atomic mass is 10.1. The highest BCUT2D eigenvalue weighted by Gasteiger charge is 2.52. The predicted octanol–water partition coefficient (Wildman–Crippen LogP) is 5.28. The molecule has 6 aliphatic rings. The Labute approximate surface area is 308 Å². The molecule has 6 rings (SSSR count). The third-order valence-electron chi connectivity index (χ3n) is 8.74. The lowest BCUT2D eigenvalue weighted by Gasteiger charge is -2.26. The fourth-order valence-electron chi connectivity index (χ4n) is 7.35. The van der Waals surface area contributed by atoms with Crippen molar-refractivity contribution in [2.45, 2.75) is 212 Å². The largest absolute Gasteiger partial charge is 0.370 e. The Morgan fingerprint density at radius 1 is 0.333 bits per heavy atom. The maximum absolute atomic E-state index is 5.96. The maximum Gasteiger partial charge on any atom is 0.115 e. The summed E-state index contributed by atoms with van der Waals surface area (Å²) >= 11 is 0. The maximum atomic E-state index is 5.96. The van der Waals surface area contributed by atoms with Crippen LogP contribution in [0.1, 0.15) is 104 Å². The molecular formula is C39H72O12. The van der Waals surface area contributed by atoms with E-state index in [1.165, 1.54) is 0 Å². The van der Waals surface area contributed by atoms with E-state index in [-0.39, 0.29) is 108 Å². The first-order valence-corrected chi connectivity index (χ1v) is 19.3. The minimum atomic E-state index is -0.163. The normalized spacial score (nSPS) is 37.8. The van der Waals surface area contributed by atoms with Gasteiger partial charge in [0.2, 0.25) is 0 Å². The summed E-state index contributed by atoms with van der Waals surface area (Å²) in [6.45, 7) is 34.3. The molecule has 0 aromatic carbocycles. The molecule has 6 aliphatic heterocycles. The van der Waals surface area contributed by atoms with E-state index in [0.717, 1.165) is 0 Å². The number of ether oxygens (including phenoxy) is 12. The Balaban J connectivity index is 0.000000172. The molecule has 0 radical (unpaired) electrons. The van der Waals surface area contributed by atoms with Gasteiger partial charge in [0.1, 0.15) is 73.2 Å². The second kappa shape index (κ2) is 18.0. The van der Waals surface area contributed by atoms with Crippen LogP contribution in [0.25, 0.3) is 0 Å². The topological polar surface area (TPSA) is 111 Å². The molecule has 12 heteroatoms. The van der Waals surface area contributed by atoms with Gasteiger partial charge in [-0.3, -0.25) is 0 Å². The standard InChI is InChI=1S/3C13H24O4/c3*1-8(2)16-9-6-14-12-10(7-15-11(9)12)17-13(3,4)5/h3*8-12H,6-7H2,1-5H3/t9-,10+,11+,12+;9-,10-,11+,12+;9-,10-,11-,12-/m001/s1. The molecule has 51 heavy (non-hydrogen) atoms. The highest BCUT2D eigenvalue weighted by molar-refractivity contribution is 4.99. The Hall–Kier alpha value is -0.480. The zero-order chi connectivity index (χ0) is 37.9. The molecule has 0 aliphatic carbocycles. The van der Waals surface area contributed by atoms with Crippen LogP contribution in [0.5, 0.6) is 0 Å². The van der Waals surface area contributed by atoms with Crippen molar-refractivity contribution in [3.05, 3.63) is 0 Å². The van der Waals surface area contributed by atoms with Gasteiger partial charge in [-0.2, -0.15) is 0 Å². The number of hydrogen-bond donors (Lipinski definition) is 0. The average Bonchev–Trinajstić information content (AvgIpc) is 3.79. The second-order valence-electron chi connectivity index (χ2n) is 18.3. The van der Waals surface area contributed by atoms with Crippen LogP contribution in [-0.2, 0) is 56.8 Å². The molecule has 0 N–H and O–H groups in total. The van der Waals surface area contributed by atoms with Crippen molar-refractivity contribution >= 4 is 0 Å². The van der Waals surface area contributed by atoms with E-state index in [4.69, 9.17) is 56.8 Å². The van der Waals surface area contributed by atoms with Crippen molar-refractivity contribution in [2.24, 2.45) is 0 Å². The van der Waals surface area contributed by atoms with Crippen LogP contribution < -0.4 is 0 Å². The van der Waals surface area contributed by atoms with Crippen molar-refractivity contribution in [1.82, 2.24) is 0 Å². The Morgan fingerprint density at radius 3 is 0.686 bits per heavy atom. The van der Waals surface area contributed by atoms with Crippen LogP contribution in [0.2, 0.25) is 0 Å². The van der Waals surface area contributed by atoms with E-state index >= 15 is 0 Å². The van der Waals surface area contributed by atoms with E-state index in [1.54, 1.807) is 0 Å². The highest BCUT2D eigenvalue weighted by Crippen LogP contribution is 2.35. The third-order valence-corrected chi connectivity index (χ3v) is 8.74. The molecule has 300 valence electrons. The quantitative estimate of drug-likeness (QED) is 0.308. The van der Waals surface area contributed by atoms with Gasteiger partial charge in [0.05, 0.1) is 74.8 Å². The summed E-state index contributed by atoms with van der Waals surface area (Å²) in [4.78, 5) is 0. The lowest BCUT2D eigenvalue weighted by Crippen LogP contribution is -2.38. The number of rotatable bonds is 9. The molecule has 0 saturated carbocycles. The van der Waals surface area contributed by atoms with Crippen molar-refractivity contribution in [3.8, 4) is 0 Å². The molecule has 12 atom stereocenters. The van der Waals surface area contributed by atoms with Gasteiger partial charge in [-0.15, -0.1) is 0 Å². The summed E-state index contributed by atoms with van der Waals surface area (Å²) in [6.07, 6.45) is 1.02. The molecular weight excluding hydrogens is 660 g/mol.